The minimum Gasteiger partial charge on any atom is -0.456 e. The van der Waals surface area contributed by atoms with Crippen molar-refractivity contribution < 1.29 is 9.53 Å². The van der Waals surface area contributed by atoms with Crippen molar-refractivity contribution in [2.24, 2.45) is 0 Å². The van der Waals surface area contributed by atoms with Gasteiger partial charge in [-0.1, -0.05) is 11.6 Å². The lowest BCUT2D eigenvalue weighted by atomic mass is 10.2. The maximum atomic E-state index is 12.1. The van der Waals surface area contributed by atoms with Crippen molar-refractivity contribution in [3.8, 4) is 0 Å². The van der Waals surface area contributed by atoms with Crippen LogP contribution >= 0.6 is 27.5 Å². The van der Waals surface area contributed by atoms with Crippen LogP contribution in [0.25, 0.3) is 0 Å². The number of halogens is 2. The molecule has 0 spiro atoms. The highest BCUT2D eigenvalue weighted by atomic mass is 79.9. The minimum absolute atomic E-state index is 0.0631. The largest absolute Gasteiger partial charge is 0.456 e. The second kappa shape index (κ2) is 6.49. The van der Waals surface area contributed by atoms with Gasteiger partial charge in [-0.2, -0.15) is 5.10 Å². The van der Waals surface area contributed by atoms with Crippen LogP contribution in [0.2, 0.25) is 5.02 Å². The number of rotatable bonds is 4. The molecule has 0 amide bonds. The minimum atomic E-state index is -0.466. The van der Waals surface area contributed by atoms with E-state index >= 15 is 0 Å². The molecular weight excluding hydrogens is 358 g/mol. The highest BCUT2D eigenvalue weighted by Crippen LogP contribution is 2.23. The number of carbonyl (C=O) groups is 1. The van der Waals surface area contributed by atoms with Gasteiger partial charge in [-0.15, -0.1) is 0 Å². The molecule has 2 aromatic rings. The van der Waals surface area contributed by atoms with Gasteiger partial charge in [0.1, 0.15) is 6.61 Å². The zero-order valence-electron chi connectivity index (χ0n) is 11.7. The number of nitrogens with zero attached hydrogens (tertiary/aromatic N) is 2. The summed E-state index contributed by atoms with van der Waals surface area (Å²) in [5.41, 5.74) is 7.96. The van der Waals surface area contributed by atoms with Gasteiger partial charge in [-0.3, -0.25) is 4.68 Å². The van der Waals surface area contributed by atoms with Gasteiger partial charge in [0.2, 0.25) is 0 Å². The molecule has 2 rings (SSSR count). The van der Waals surface area contributed by atoms with E-state index in [1.54, 1.807) is 22.9 Å². The third-order valence-corrected chi connectivity index (χ3v) is 4.19. The van der Waals surface area contributed by atoms with Crippen molar-refractivity contribution in [1.29, 1.82) is 0 Å². The van der Waals surface area contributed by atoms with Crippen LogP contribution in [-0.4, -0.2) is 15.7 Å². The van der Waals surface area contributed by atoms with Crippen LogP contribution in [0.3, 0.4) is 0 Å². The smallest absolute Gasteiger partial charge is 0.339 e. The molecule has 21 heavy (non-hydrogen) atoms. The number of nitrogens with two attached hydrogens (primary N) is 1. The van der Waals surface area contributed by atoms with Crippen LogP contribution in [0.1, 0.15) is 28.7 Å². The van der Waals surface area contributed by atoms with Crippen LogP contribution in [0, 0.1) is 6.92 Å². The first-order chi connectivity index (χ1) is 9.93. The van der Waals surface area contributed by atoms with Gasteiger partial charge in [0, 0.05) is 16.7 Å². The summed E-state index contributed by atoms with van der Waals surface area (Å²) in [7, 11) is 0. The fourth-order valence-electron chi connectivity index (χ4n) is 1.92. The number of aromatic nitrogens is 2. The van der Waals surface area contributed by atoms with E-state index < -0.39 is 5.97 Å². The lowest BCUT2D eigenvalue weighted by Gasteiger charge is -2.09. The van der Waals surface area contributed by atoms with E-state index in [1.165, 1.54) is 0 Å². The Labute approximate surface area is 136 Å². The molecule has 2 N–H and O–H groups in total. The Morgan fingerprint density at radius 2 is 2.24 bits per heavy atom. The summed E-state index contributed by atoms with van der Waals surface area (Å²) in [5.74, 6) is -0.466. The number of aryl methyl sites for hydroxylation is 2. The number of hydrogen-bond acceptors (Lipinski definition) is 4. The maximum Gasteiger partial charge on any atom is 0.339 e. The van der Waals surface area contributed by atoms with Crippen molar-refractivity contribution in [3.63, 3.8) is 0 Å². The Morgan fingerprint density at radius 1 is 1.52 bits per heavy atom. The molecule has 0 saturated heterocycles. The second-order valence-electron chi connectivity index (χ2n) is 4.48. The quantitative estimate of drug-likeness (QED) is 0.658. The summed E-state index contributed by atoms with van der Waals surface area (Å²) in [6, 6.07) is 4.98. The Kier molecular flexibility index (Phi) is 4.90. The van der Waals surface area contributed by atoms with Crippen molar-refractivity contribution >= 4 is 39.2 Å². The molecule has 0 saturated carbocycles. The van der Waals surface area contributed by atoms with E-state index in [-0.39, 0.29) is 6.61 Å². The molecule has 0 radical (unpaired) electrons. The number of anilines is 1. The molecule has 7 heteroatoms. The summed E-state index contributed by atoms with van der Waals surface area (Å²) < 4.78 is 7.67. The van der Waals surface area contributed by atoms with Crippen molar-refractivity contribution in [3.05, 3.63) is 44.6 Å². The summed E-state index contributed by atoms with van der Waals surface area (Å²) in [6.45, 7) is 4.48. The highest BCUT2D eigenvalue weighted by Gasteiger charge is 2.17. The Morgan fingerprint density at radius 3 is 2.90 bits per heavy atom. The lowest BCUT2D eigenvalue weighted by molar-refractivity contribution is 0.0461. The normalized spacial score (nSPS) is 10.7. The molecule has 0 bridgehead atoms. The Hall–Kier alpha value is -1.53. The lowest BCUT2D eigenvalue weighted by Crippen LogP contribution is -2.10. The first-order valence-electron chi connectivity index (χ1n) is 6.38. The van der Waals surface area contributed by atoms with Gasteiger partial charge in [-0.25, -0.2) is 4.79 Å². The van der Waals surface area contributed by atoms with Gasteiger partial charge >= 0.3 is 5.97 Å². The van der Waals surface area contributed by atoms with E-state index in [1.807, 2.05) is 13.8 Å². The summed E-state index contributed by atoms with van der Waals surface area (Å²) in [4.78, 5) is 12.1. The third kappa shape index (κ3) is 3.39. The number of esters is 1. The molecule has 0 unspecified atom stereocenters. The molecular formula is C14H15BrClN3O2. The molecule has 0 aliphatic carbocycles. The number of carbonyl (C=O) groups excluding carboxylic acids is 1. The van der Waals surface area contributed by atoms with Gasteiger partial charge in [-0.05, 0) is 48.0 Å². The van der Waals surface area contributed by atoms with Crippen molar-refractivity contribution in [2.45, 2.75) is 27.0 Å². The Balaban J connectivity index is 2.16. The molecule has 1 aromatic heterocycles. The zero-order valence-corrected chi connectivity index (χ0v) is 14.0. The Bertz CT molecular complexity index is 685. The fourth-order valence-corrected chi connectivity index (χ4v) is 2.52. The van der Waals surface area contributed by atoms with Crippen LogP contribution in [-0.2, 0) is 17.9 Å². The maximum absolute atomic E-state index is 12.1. The van der Waals surface area contributed by atoms with E-state index in [0.717, 1.165) is 5.69 Å². The average molecular weight is 373 g/mol. The molecule has 0 atom stereocenters. The number of benzene rings is 1. The monoisotopic (exact) mass is 371 g/mol. The summed E-state index contributed by atoms with van der Waals surface area (Å²) in [6.07, 6.45) is 0. The zero-order chi connectivity index (χ0) is 15.6. The first-order valence-corrected chi connectivity index (χ1v) is 7.55. The molecule has 0 aliphatic rings. The predicted octanol–water partition coefficient (Wildman–Crippen LogP) is 3.57. The van der Waals surface area contributed by atoms with Crippen molar-refractivity contribution in [1.82, 2.24) is 9.78 Å². The van der Waals surface area contributed by atoms with Gasteiger partial charge < -0.3 is 10.5 Å². The van der Waals surface area contributed by atoms with Gasteiger partial charge in [0.15, 0.2) is 0 Å². The van der Waals surface area contributed by atoms with Crippen LogP contribution in [0.15, 0.2) is 22.7 Å². The number of nitrogen functional groups attached to an aromatic ring is 1. The van der Waals surface area contributed by atoms with E-state index in [0.29, 0.717) is 33.0 Å². The number of hydrogen-bond donors (Lipinski definition) is 1. The molecule has 112 valence electrons. The molecule has 0 aliphatic heterocycles. The first kappa shape index (κ1) is 15.9. The van der Waals surface area contributed by atoms with Crippen LogP contribution in [0.5, 0.6) is 0 Å². The summed E-state index contributed by atoms with van der Waals surface area (Å²) >= 11 is 9.48. The fraction of sp³-hybridized carbons (Fsp3) is 0.286. The number of ether oxygens (including phenoxy) is 1. The van der Waals surface area contributed by atoms with Gasteiger partial charge in [0.05, 0.1) is 22.0 Å². The summed E-state index contributed by atoms with van der Waals surface area (Å²) in [5, 5.41) is 4.80. The van der Waals surface area contributed by atoms with Crippen LogP contribution in [0.4, 0.5) is 5.69 Å². The molecule has 5 nitrogen and oxygen atoms in total. The van der Waals surface area contributed by atoms with E-state index in [2.05, 4.69) is 21.0 Å². The molecule has 1 aromatic carbocycles. The predicted molar refractivity (Wildman–Crippen MR) is 85.3 cm³/mol. The topological polar surface area (TPSA) is 70.1 Å². The molecule has 0 fully saturated rings. The van der Waals surface area contributed by atoms with Crippen LogP contribution < -0.4 is 5.73 Å². The molecule has 1 heterocycles. The second-order valence-corrected chi connectivity index (χ2v) is 5.71. The third-order valence-electron chi connectivity index (χ3n) is 3.00. The highest BCUT2D eigenvalue weighted by molar-refractivity contribution is 9.10. The van der Waals surface area contributed by atoms with E-state index in [4.69, 9.17) is 22.1 Å². The van der Waals surface area contributed by atoms with Crippen molar-refractivity contribution in [2.75, 3.05) is 5.73 Å². The average Bonchev–Trinajstić information content (AvgIpc) is 2.74. The van der Waals surface area contributed by atoms with E-state index in [9.17, 15) is 4.79 Å². The standard InChI is InChI=1S/C14H15BrClN3O2/c1-3-19-12(13(16)8(2)18-19)7-21-14(20)10-6-9(17)4-5-11(10)15/h4-6H,3,7,17H2,1-2H3. The SMILES string of the molecule is CCn1nc(C)c(Cl)c1COC(=O)c1cc(N)ccc1Br. The van der Waals surface area contributed by atoms with Gasteiger partial charge in [0.25, 0.3) is 0 Å².